The Morgan fingerprint density at radius 1 is 1.26 bits per heavy atom. The molecular formula is C31H46N4O3. The van der Waals surface area contributed by atoms with Crippen molar-refractivity contribution < 1.29 is 14.7 Å². The minimum Gasteiger partial charge on any atom is -0.391 e. The third-order valence-electron chi connectivity index (χ3n) is 7.40. The molecule has 7 nitrogen and oxygen atoms in total. The van der Waals surface area contributed by atoms with Crippen LogP contribution in [0.15, 0.2) is 53.2 Å². The number of hydrogen-bond acceptors (Lipinski definition) is 5. The van der Waals surface area contributed by atoms with E-state index in [-0.39, 0.29) is 42.7 Å². The summed E-state index contributed by atoms with van der Waals surface area (Å²) in [5, 5.41) is 15.1. The fourth-order valence-electron chi connectivity index (χ4n) is 4.31. The number of aliphatic imine (C=N–C) groups is 1. The van der Waals surface area contributed by atoms with E-state index in [2.05, 4.69) is 41.9 Å². The monoisotopic (exact) mass is 522 g/mol. The number of β-amino-alcohol motifs (C(OH)–C–C–N with tert-alkyl or cyclic N) is 1. The summed E-state index contributed by atoms with van der Waals surface area (Å²) in [4.78, 5) is 34.9. The number of aliphatic hydroxyl groups is 1. The highest BCUT2D eigenvalue weighted by Gasteiger charge is 2.42. The van der Waals surface area contributed by atoms with Crippen molar-refractivity contribution in [1.29, 1.82) is 0 Å². The zero-order chi connectivity index (χ0) is 28.5. The van der Waals surface area contributed by atoms with E-state index in [1.54, 1.807) is 18.8 Å². The van der Waals surface area contributed by atoms with Gasteiger partial charge in [0.2, 0.25) is 11.8 Å². The van der Waals surface area contributed by atoms with Crippen LogP contribution >= 0.6 is 0 Å². The molecule has 2 fully saturated rings. The summed E-state index contributed by atoms with van der Waals surface area (Å²) in [7, 11) is 1.64. The number of benzene rings is 1. The second-order valence-electron chi connectivity index (χ2n) is 11.3. The summed E-state index contributed by atoms with van der Waals surface area (Å²) in [6.07, 6.45) is 6.41. The lowest BCUT2D eigenvalue weighted by Gasteiger charge is -2.32. The van der Waals surface area contributed by atoms with Crippen LogP contribution in [-0.2, 0) is 16.1 Å². The van der Waals surface area contributed by atoms with Gasteiger partial charge in [0.15, 0.2) is 0 Å². The lowest BCUT2D eigenvalue weighted by molar-refractivity contribution is -0.144. The molecule has 1 aliphatic carbocycles. The molecule has 1 aliphatic heterocycles. The highest BCUT2D eigenvalue weighted by atomic mass is 16.3. The normalized spacial score (nSPS) is 20.0. The predicted molar refractivity (Wildman–Crippen MR) is 156 cm³/mol. The number of aromatic nitrogens is 1. The molecule has 38 heavy (non-hydrogen) atoms. The van der Waals surface area contributed by atoms with Crippen molar-refractivity contribution in [3.05, 3.63) is 53.9 Å². The molecule has 1 aromatic heterocycles. The van der Waals surface area contributed by atoms with Crippen molar-refractivity contribution in [2.75, 3.05) is 13.6 Å². The van der Waals surface area contributed by atoms with Gasteiger partial charge < -0.3 is 20.3 Å². The van der Waals surface area contributed by atoms with Gasteiger partial charge in [0.05, 0.1) is 18.3 Å². The van der Waals surface area contributed by atoms with Crippen LogP contribution in [0.4, 0.5) is 0 Å². The molecule has 0 bridgehead atoms. The van der Waals surface area contributed by atoms with E-state index >= 15 is 0 Å². The standard InChI is InChI=1S/C22H29N3O3.C7H12.C2H5N/c1-14(22(2,3)4)21(28)25-13-16(26)11-19(25)20(27)24-12-18-17-8-6-5-7-15(17)9-10-23-18;1-3-6(2)7-4-5-7;1-3-2/h5-10,14,16,19,26H,11-13H2,1-4H3,(H,24,27);3,7H,4-5H2,1-2H3;1H2,2H3/b;6-3+;/t14-,16-,19?;;/m1../s1. The summed E-state index contributed by atoms with van der Waals surface area (Å²) in [6, 6.07) is 9.17. The minimum atomic E-state index is -0.678. The first-order chi connectivity index (χ1) is 17.9. The van der Waals surface area contributed by atoms with E-state index in [0.29, 0.717) is 0 Å². The first-order valence-corrected chi connectivity index (χ1v) is 13.5. The van der Waals surface area contributed by atoms with E-state index in [9.17, 15) is 14.7 Å². The number of aliphatic hydroxyl groups excluding tert-OH is 1. The maximum Gasteiger partial charge on any atom is 0.243 e. The highest BCUT2D eigenvalue weighted by molar-refractivity contribution is 5.90. The molecule has 2 aromatic rings. The van der Waals surface area contributed by atoms with E-state index in [0.717, 1.165) is 22.4 Å². The summed E-state index contributed by atoms with van der Waals surface area (Å²) in [5.41, 5.74) is 2.16. The molecule has 1 saturated carbocycles. The van der Waals surface area contributed by atoms with Gasteiger partial charge >= 0.3 is 0 Å². The van der Waals surface area contributed by atoms with Crippen molar-refractivity contribution in [2.45, 2.75) is 79.5 Å². The number of likely N-dealkylation sites (tertiary alicyclic amines) is 1. The number of nitrogens with one attached hydrogen (secondary N) is 1. The summed E-state index contributed by atoms with van der Waals surface area (Å²) >= 11 is 0. The molecule has 1 unspecified atom stereocenters. The average Bonchev–Trinajstić information content (AvgIpc) is 3.67. The number of nitrogens with zero attached hydrogens (tertiary/aromatic N) is 3. The van der Waals surface area contributed by atoms with Crippen LogP contribution in [0.5, 0.6) is 0 Å². The molecule has 0 spiro atoms. The van der Waals surface area contributed by atoms with Crippen LogP contribution in [-0.4, -0.2) is 59.3 Å². The maximum atomic E-state index is 12.9. The molecule has 4 rings (SSSR count). The SMILES string of the molecule is C/C=C(\C)C1CC1.C=NC.C[C@H](C(=O)N1C[C@H](O)CC1C(=O)NCc1nccc2ccccc12)C(C)(C)C. The first-order valence-electron chi connectivity index (χ1n) is 13.5. The molecule has 2 amide bonds. The van der Waals surface area contributed by atoms with Gasteiger partial charge in [-0.05, 0) is 56.2 Å². The smallest absolute Gasteiger partial charge is 0.243 e. The largest absolute Gasteiger partial charge is 0.391 e. The predicted octanol–water partition coefficient (Wildman–Crippen LogP) is 5.17. The Hall–Kier alpha value is -3.06. The van der Waals surface area contributed by atoms with Gasteiger partial charge in [-0.15, -0.1) is 0 Å². The van der Waals surface area contributed by atoms with E-state index in [1.165, 1.54) is 17.7 Å². The lowest BCUT2D eigenvalue weighted by atomic mass is 9.81. The minimum absolute atomic E-state index is 0.0903. The molecule has 3 atom stereocenters. The fraction of sp³-hybridized carbons (Fsp3) is 0.548. The number of hydrogen-bond donors (Lipinski definition) is 2. The third kappa shape index (κ3) is 8.76. The van der Waals surface area contributed by atoms with Gasteiger partial charge in [-0.1, -0.05) is 63.6 Å². The topological polar surface area (TPSA) is 94.9 Å². The van der Waals surface area contributed by atoms with Crippen molar-refractivity contribution in [1.82, 2.24) is 15.2 Å². The lowest BCUT2D eigenvalue weighted by Crippen LogP contribution is -2.49. The van der Waals surface area contributed by atoms with E-state index in [1.807, 2.05) is 58.0 Å². The first kappa shape index (κ1) is 31.2. The quantitative estimate of drug-likeness (QED) is 0.418. The van der Waals surface area contributed by atoms with Crippen LogP contribution in [0.3, 0.4) is 0 Å². The number of carbonyl (C=O) groups is 2. The van der Waals surface area contributed by atoms with Crippen LogP contribution in [0, 0.1) is 17.3 Å². The van der Waals surface area contributed by atoms with Crippen molar-refractivity contribution in [3.8, 4) is 0 Å². The zero-order valence-electron chi connectivity index (χ0n) is 24.2. The molecular weight excluding hydrogens is 476 g/mol. The third-order valence-corrected chi connectivity index (χ3v) is 7.40. The summed E-state index contributed by atoms with van der Waals surface area (Å²) < 4.78 is 0. The van der Waals surface area contributed by atoms with Gasteiger partial charge in [0, 0.05) is 37.5 Å². The number of carbonyl (C=O) groups excluding carboxylic acids is 2. The average molecular weight is 523 g/mol. The molecule has 1 saturated heterocycles. The molecule has 2 aliphatic rings. The Labute approximate surface area is 228 Å². The molecule has 1 aromatic carbocycles. The van der Waals surface area contributed by atoms with Gasteiger partial charge in [-0.2, -0.15) is 0 Å². The van der Waals surface area contributed by atoms with E-state index < -0.39 is 12.1 Å². The number of amides is 2. The van der Waals surface area contributed by atoms with Crippen LogP contribution in [0.25, 0.3) is 10.8 Å². The molecule has 7 heteroatoms. The van der Waals surface area contributed by atoms with Gasteiger partial charge in [0.25, 0.3) is 0 Å². The Morgan fingerprint density at radius 3 is 2.45 bits per heavy atom. The molecule has 0 radical (unpaired) electrons. The van der Waals surface area contributed by atoms with Gasteiger partial charge in [-0.3, -0.25) is 14.6 Å². The summed E-state index contributed by atoms with van der Waals surface area (Å²) in [6.45, 7) is 15.8. The van der Waals surface area contributed by atoms with Crippen molar-refractivity contribution >= 4 is 29.3 Å². The Bertz CT molecular complexity index is 1110. The van der Waals surface area contributed by atoms with Gasteiger partial charge in [-0.25, -0.2) is 0 Å². The second-order valence-corrected chi connectivity index (χ2v) is 11.3. The molecule has 2 N–H and O–H groups in total. The fourth-order valence-corrected chi connectivity index (χ4v) is 4.31. The zero-order valence-corrected chi connectivity index (χ0v) is 24.2. The summed E-state index contributed by atoms with van der Waals surface area (Å²) in [5.74, 6) is 0.395. The highest BCUT2D eigenvalue weighted by Crippen LogP contribution is 2.35. The number of fused-ring (bicyclic) bond motifs is 1. The Balaban J connectivity index is 0.000000427. The number of allylic oxidation sites excluding steroid dienone is 2. The van der Waals surface area contributed by atoms with Crippen LogP contribution in [0.1, 0.15) is 66.5 Å². The molecule has 2 heterocycles. The number of pyridine rings is 1. The second kappa shape index (κ2) is 14.2. The van der Waals surface area contributed by atoms with Crippen LogP contribution in [0.2, 0.25) is 0 Å². The van der Waals surface area contributed by atoms with Crippen molar-refractivity contribution in [2.24, 2.45) is 22.2 Å². The van der Waals surface area contributed by atoms with Crippen molar-refractivity contribution in [3.63, 3.8) is 0 Å². The Morgan fingerprint density at radius 2 is 1.89 bits per heavy atom. The van der Waals surface area contributed by atoms with Gasteiger partial charge in [0.1, 0.15) is 6.04 Å². The molecule has 208 valence electrons. The van der Waals surface area contributed by atoms with E-state index in [4.69, 9.17) is 0 Å². The maximum absolute atomic E-state index is 12.9. The number of rotatable bonds is 5. The van der Waals surface area contributed by atoms with Crippen LogP contribution < -0.4 is 5.32 Å². The Kier molecular flexibility index (Phi) is 11.6.